The normalized spacial score (nSPS) is 10.9. The van der Waals surface area contributed by atoms with E-state index in [0.717, 1.165) is 39.3 Å². The summed E-state index contributed by atoms with van der Waals surface area (Å²) < 4.78 is 20.9. The summed E-state index contributed by atoms with van der Waals surface area (Å²) in [6, 6.07) is 0. The molecule has 0 aliphatic heterocycles. The van der Waals surface area contributed by atoms with Crippen molar-refractivity contribution in [1.82, 2.24) is 5.32 Å². The van der Waals surface area contributed by atoms with Crippen LogP contribution in [0.4, 0.5) is 0 Å². The van der Waals surface area contributed by atoms with Gasteiger partial charge in [-0.05, 0) is 26.7 Å². The highest BCUT2D eigenvalue weighted by Crippen LogP contribution is 1.86. The third-order valence-corrected chi connectivity index (χ3v) is 1.93. The average molecular weight is 248 g/mol. The van der Waals surface area contributed by atoms with Crippen LogP contribution >= 0.6 is 0 Å². The number of nitrogens with zero attached hydrogens (tertiary/aromatic N) is 1. The Morgan fingerprint density at radius 2 is 1.06 bits per heavy atom. The van der Waals surface area contributed by atoms with Crippen LogP contribution in [0.1, 0.15) is 26.7 Å². The fraction of sp³-hybridized carbons (Fsp3) is 1.00. The zero-order chi connectivity index (χ0) is 12.6. The molecule has 0 bridgehead atoms. The van der Waals surface area contributed by atoms with E-state index in [1.165, 1.54) is 0 Å². The van der Waals surface area contributed by atoms with E-state index in [1.54, 1.807) is 0 Å². The molecular formula is C12H26NO4. The second kappa shape index (κ2) is 15.8. The molecule has 0 amide bonds. The molecule has 0 aliphatic carbocycles. The van der Waals surface area contributed by atoms with Crippen LogP contribution in [-0.2, 0) is 18.9 Å². The molecule has 17 heavy (non-hydrogen) atoms. The molecule has 0 aromatic heterocycles. The van der Waals surface area contributed by atoms with E-state index in [0.29, 0.717) is 26.7 Å². The third-order valence-electron chi connectivity index (χ3n) is 1.93. The first-order valence-corrected chi connectivity index (χ1v) is 6.36. The summed E-state index contributed by atoms with van der Waals surface area (Å²) >= 11 is 0. The van der Waals surface area contributed by atoms with Crippen molar-refractivity contribution in [3.63, 3.8) is 0 Å². The Balaban J connectivity index is 2.85. The van der Waals surface area contributed by atoms with Gasteiger partial charge >= 0.3 is 0 Å². The van der Waals surface area contributed by atoms with Crippen molar-refractivity contribution < 1.29 is 18.9 Å². The van der Waals surface area contributed by atoms with Crippen LogP contribution in [0.25, 0.3) is 0 Å². The molecule has 0 rings (SSSR count). The van der Waals surface area contributed by atoms with Gasteiger partial charge < -0.3 is 18.9 Å². The minimum Gasteiger partial charge on any atom is -0.382 e. The first kappa shape index (κ1) is 16.8. The van der Waals surface area contributed by atoms with Crippen molar-refractivity contribution >= 4 is 0 Å². The number of rotatable bonds is 14. The summed E-state index contributed by atoms with van der Waals surface area (Å²) in [5, 5.41) is 4.08. The zero-order valence-corrected chi connectivity index (χ0v) is 11.2. The Morgan fingerprint density at radius 1 is 0.647 bits per heavy atom. The smallest absolute Gasteiger partial charge is 0.115 e. The van der Waals surface area contributed by atoms with Gasteiger partial charge in [-0.2, -0.15) is 5.32 Å². The summed E-state index contributed by atoms with van der Waals surface area (Å²) in [5.41, 5.74) is 0. The predicted octanol–water partition coefficient (Wildman–Crippen LogP) is 1.39. The molecule has 0 aromatic rings. The van der Waals surface area contributed by atoms with Crippen LogP contribution in [0.15, 0.2) is 0 Å². The van der Waals surface area contributed by atoms with E-state index < -0.39 is 0 Å². The number of ether oxygens (including phenoxy) is 4. The molecule has 0 atom stereocenters. The fourth-order valence-corrected chi connectivity index (χ4v) is 1.11. The molecule has 103 valence electrons. The standard InChI is InChI=1S/C12H26NO4/c1-3-14-7-5-9-16-11-13-12-17-10-6-8-15-4-2/h3-12H2,1-2H3. The van der Waals surface area contributed by atoms with E-state index in [9.17, 15) is 0 Å². The molecule has 0 saturated carbocycles. The van der Waals surface area contributed by atoms with Crippen molar-refractivity contribution in [2.24, 2.45) is 0 Å². The monoisotopic (exact) mass is 248 g/mol. The van der Waals surface area contributed by atoms with Crippen LogP contribution in [0.2, 0.25) is 0 Å². The lowest BCUT2D eigenvalue weighted by Gasteiger charge is -2.06. The predicted molar refractivity (Wildman–Crippen MR) is 66.0 cm³/mol. The van der Waals surface area contributed by atoms with Crippen LogP contribution < -0.4 is 5.32 Å². The van der Waals surface area contributed by atoms with Gasteiger partial charge in [0.25, 0.3) is 0 Å². The Hall–Kier alpha value is -0.200. The minimum atomic E-state index is 0.400. The van der Waals surface area contributed by atoms with E-state index in [2.05, 4.69) is 5.32 Å². The fourth-order valence-electron chi connectivity index (χ4n) is 1.11. The molecule has 0 heterocycles. The van der Waals surface area contributed by atoms with Crippen molar-refractivity contribution in [2.75, 3.05) is 53.1 Å². The van der Waals surface area contributed by atoms with Gasteiger partial charge in [-0.25, -0.2) is 0 Å². The van der Waals surface area contributed by atoms with E-state index in [-0.39, 0.29) is 0 Å². The van der Waals surface area contributed by atoms with Crippen LogP contribution in [0.5, 0.6) is 0 Å². The van der Waals surface area contributed by atoms with Gasteiger partial charge in [0.15, 0.2) is 0 Å². The van der Waals surface area contributed by atoms with Gasteiger partial charge in [0.05, 0.1) is 13.2 Å². The maximum Gasteiger partial charge on any atom is 0.115 e. The lowest BCUT2D eigenvalue weighted by molar-refractivity contribution is 0.0369. The molecular weight excluding hydrogens is 222 g/mol. The lowest BCUT2D eigenvalue weighted by atomic mass is 10.5. The van der Waals surface area contributed by atoms with Crippen LogP contribution in [-0.4, -0.2) is 53.1 Å². The Bertz CT molecular complexity index is 122. The van der Waals surface area contributed by atoms with Gasteiger partial charge in [0.2, 0.25) is 0 Å². The van der Waals surface area contributed by atoms with E-state index >= 15 is 0 Å². The summed E-state index contributed by atoms with van der Waals surface area (Å²) in [4.78, 5) is 0. The second-order valence-corrected chi connectivity index (χ2v) is 3.40. The van der Waals surface area contributed by atoms with Gasteiger partial charge in [-0.3, -0.25) is 0 Å². The molecule has 0 fully saturated rings. The van der Waals surface area contributed by atoms with E-state index in [1.807, 2.05) is 13.8 Å². The largest absolute Gasteiger partial charge is 0.382 e. The number of hydrogen-bond donors (Lipinski definition) is 0. The molecule has 5 heteroatoms. The molecule has 1 radical (unpaired) electrons. The zero-order valence-electron chi connectivity index (χ0n) is 11.2. The molecule has 5 nitrogen and oxygen atoms in total. The number of hydrogen-bond acceptors (Lipinski definition) is 4. The van der Waals surface area contributed by atoms with Gasteiger partial charge in [0.1, 0.15) is 13.5 Å². The second-order valence-electron chi connectivity index (χ2n) is 3.40. The van der Waals surface area contributed by atoms with E-state index in [4.69, 9.17) is 18.9 Å². The van der Waals surface area contributed by atoms with Crippen LogP contribution in [0, 0.1) is 0 Å². The minimum absolute atomic E-state index is 0.400. The first-order chi connectivity index (χ1) is 8.41. The highest BCUT2D eigenvalue weighted by Gasteiger charge is 1.92. The van der Waals surface area contributed by atoms with Gasteiger partial charge in [0, 0.05) is 26.4 Å². The summed E-state index contributed by atoms with van der Waals surface area (Å²) in [5.74, 6) is 0. The van der Waals surface area contributed by atoms with Crippen molar-refractivity contribution in [3.8, 4) is 0 Å². The maximum absolute atomic E-state index is 5.27. The summed E-state index contributed by atoms with van der Waals surface area (Å²) in [6.45, 7) is 9.18. The van der Waals surface area contributed by atoms with Crippen molar-refractivity contribution in [3.05, 3.63) is 0 Å². The van der Waals surface area contributed by atoms with Crippen molar-refractivity contribution in [2.45, 2.75) is 26.7 Å². The molecule has 0 aromatic carbocycles. The SMILES string of the molecule is CCOCCCOC[N]COCCCOCC. The quantitative estimate of drug-likeness (QED) is 0.436. The van der Waals surface area contributed by atoms with Crippen LogP contribution in [0.3, 0.4) is 0 Å². The molecule has 0 spiro atoms. The van der Waals surface area contributed by atoms with Gasteiger partial charge in [-0.15, -0.1) is 0 Å². The average Bonchev–Trinajstić information content (AvgIpc) is 2.35. The Labute approximate surface area is 105 Å². The van der Waals surface area contributed by atoms with Crippen molar-refractivity contribution in [1.29, 1.82) is 0 Å². The Morgan fingerprint density at radius 3 is 1.47 bits per heavy atom. The first-order valence-electron chi connectivity index (χ1n) is 6.36. The lowest BCUT2D eigenvalue weighted by Crippen LogP contribution is -2.16. The van der Waals surface area contributed by atoms with Gasteiger partial charge in [-0.1, -0.05) is 0 Å². The highest BCUT2D eigenvalue weighted by atomic mass is 16.5. The highest BCUT2D eigenvalue weighted by molar-refractivity contribution is 4.35. The summed E-state index contributed by atoms with van der Waals surface area (Å²) in [6.07, 6.45) is 1.83. The molecule has 0 saturated heterocycles. The summed E-state index contributed by atoms with van der Waals surface area (Å²) in [7, 11) is 0. The third kappa shape index (κ3) is 15.8. The topological polar surface area (TPSA) is 51.0 Å². The molecule has 0 N–H and O–H groups in total. The molecule has 0 unspecified atom stereocenters. The molecule has 0 aliphatic rings. The Kier molecular flexibility index (Phi) is 15.6. The maximum atomic E-state index is 5.27.